The Bertz CT molecular complexity index is 754. The van der Waals surface area contributed by atoms with Crippen LogP contribution in [0.2, 0.25) is 0 Å². The maximum absolute atomic E-state index is 12.9. The summed E-state index contributed by atoms with van der Waals surface area (Å²) in [7, 11) is 0. The number of rotatable bonds is 11. The number of carboxylic acid groups (broad SMARTS) is 1. The van der Waals surface area contributed by atoms with Crippen LogP contribution in [0.1, 0.15) is 19.3 Å². The van der Waals surface area contributed by atoms with Gasteiger partial charge in [0.1, 0.15) is 18.6 Å². The second-order valence-electron chi connectivity index (χ2n) is 7.97. The fourth-order valence-corrected chi connectivity index (χ4v) is 4.17. The number of nitrogens with zero attached hydrogens (tertiary/aromatic N) is 1. The van der Waals surface area contributed by atoms with Gasteiger partial charge in [0.05, 0.1) is 24.8 Å². The quantitative estimate of drug-likeness (QED) is 0.151. The van der Waals surface area contributed by atoms with Gasteiger partial charge in [0.25, 0.3) is 0 Å². The maximum Gasteiger partial charge on any atom is 0.322 e. The molecule has 2 rings (SSSR count). The molecular weight excluding hydrogens is 458 g/mol. The Morgan fingerprint density at radius 2 is 1.79 bits per heavy atom. The highest BCUT2D eigenvalue weighted by atomic mass is 32.2. The topological polar surface area (TPSA) is 197 Å². The summed E-state index contributed by atoms with van der Waals surface area (Å²) in [5.41, 5.74) is 0. The van der Waals surface area contributed by atoms with Gasteiger partial charge in [-0.05, 0) is 24.9 Å². The Balaban J connectivity index is 1.96. The third-order valence-electron chi connectivity index (χ3n) is 5.40. The minimum Gasteiger partial charge on any atom is -0.480 e. The van der Waals surface area contributed by atoms with E-state index in [1.165, 1.54) is 11.8 Å². The highest BCUT2D eigenvalue weighted by molar-refractivity contribution is 7.98. The van der Waals surface area contributed by atoms with Crippen molar-refractivity contribution in [2.45, 2.75) is 49.6 Å². The van der Waals surface area contributed by atoms with E-state index in [1.54, 1.807) is 0 Å². The molecule has 2 saturated heterocycles. The van der Waals surface area contributed by atoms with E-state index < -0.39 is 73.0 Å². The van der Waals surface area contributed by atoms with Gasteiger partial charge < -0.3 is 41.5 Å². The van der Waals surface area contributed by atoms with Crippen LogP contribution < -0.4 is 21.3 Å². The molecule has 0 radical (unpaired) electrons. The van der Waals surface area contributed by atoms with E-state index in [1.807, 2.05) is 6.26 Å². The first-order chi connectivity index (χ1) is 15.6. The number of nitrogens with one attached hydrogen (secondary N) is 4. The van der Waals surface area contributed by atoms with Crippen molar-refractivity contribution in [1.29, 1.82) is 0 Å². The number of thioether (sulfide) groups is 1. The van der Waals surface area contributed by atoms with Crippen molar-refractivity contribution in [3.8, 4) is 0 Å². The van der Waals surface area contributed by atoms with E-state index >= 15 is 0 Å². The highest BCUT2D eigenvalue weighted by Gasteiger charge is 2.40. The van der Waals surface area contributed by atoms with E-state index in [0.29, 0.717) is 5.75 Å². The fourth-order valence-electron chi connectivity index (χ4n) is 3.70. The number of amides is 4. The molecule has 0 aromatic carbocycles. The number of hydrogen-bond acceptors (Lipinski definition) is 9. The van der Waals surface area contributed by atoms with Gasteiger partial charge in [0.2, 0.25) is 23.6 Å². The molecule has 14 heteroatoms. The van der Waals surface area contributed by atoms with Crippen molar-refractivity contribution in [3.63, 3.8) is 0 Å². The van der Waals surface area contributed by atoms with Gasteiger partial charge in [-0.15, -0.1) is 0 Å². The summed E-state index contributed by atoms with van der Waals surface area (Å²) in [6, 6.07) is -2.66. The van der Waals surface area contributed by atoms with Gasteiger partial charge in [-0.3, -0.25) is 24.0 Å². The second kappa shape index (κ2) is 12.7. The lowest BCUT2D eigenvalue weighted by molar-refractivity contribution is -0.140. The Morgan fingerprint density at radius 1 is 1.06 bits per heavy atom. The number of aliphatic hydroxyl groups is 2. The van der Waals surface area contributed by atoms with Gasteiger partial charge in [-0.25, -0.2) is 0 Å². The number of β-amino-alcohol motifs (C(OH)–C–C–N with tert-alkyl or cyclic N) is 2. The number of carbonyl (C=O) groups excluding carboxylic acids is 4. The number of aliphatic hydroxyl groups excluding tert-OH is 2. The molecule has 5 atom stereocenters. The van der Waals surface area contributed by atoms with Crippen LogP contribution in [0.15, 0.2) is 0 Å². The zero-order chi connectivity index (χ0) is 24.5. The molecule has 4 amide bonds. The molecule has 2 aliphatic rings. The van der Waals surface area contributed by atoms with Crippen LogP contribution in [0, 0.1) is 0 Å². The molecule has 7 N–H and O–H groups in total. The average Bonchev–Trinajstić information content (AvgIpc) is 3.38. The van der Waals surface area contributed by atoms with Crippen LogP contribution in [0.5, 0.6) is 0 Å². The maximum atomic E-state index is 12.9. The molecule has 0 saturated carbocycles. The van der Waals surface area contributed by atoms with Crippen LogP contribution in [0.25, 0.3) is 0 Å². The molecule has 2 fully saturated rings. The summed E-state index contributed by atoms with van der Waals surface area (Å²) < 4.78 is 0. The van der Waals surface area contributed by atoms with Crippen molar-refractivity contribution in [2.75, 3.05) is 38.2 Å². The predicted octanol–water partition coefficient (Wildman–Crippen LogP) is -3.77. The van der Waals surface area contributed by atoms with E-state index in [0.717, 1.165) is 4.90 Å². The Hall–Kier alpha value is -2.42. The lowest BCUT2D eigenvalue weighted by Crippen LogP contribution is -2.55. The summed E-state index contributed by atoms with van der Waals surface area (Å²) in [6.07, 6.45) is 0.681. The number of carbonyl (C=O) groups is 5. The largest absolute Gasteiger partial charge is 0.480 e. The van der Waals surface area contributed by atoms with Crippen LogP contribution in [0.3, 0.4) is 0 Å². The minimum atomic E-state index is -1.22. The van der Waals surface area contributed by atoms with Gasteiger partial charge in [0.15, 0.2) is 0 Å². The molecule has 13 nitrogen and oxygen atoms in total. The molecule has 186 valence electrons. The van der Waals surface area contributed by atoms with Crippen molar-refractivity contribution < 1.29 is 39.3 Å². The molecule has 0 unspecified atom stereocenters. The SMILES string of the molecule is CSCC[C@H](NC(=O)[C@@H]1C[C@@H](O)CN1C(=O)CNC(=O)[C@@H]1C[C@@H](O)CN1)C(=O)NCC(=O)O. The summed E-state index contributed by atoms with van der Waals surface area (Å²) in [6.45, 7) is -0.805. The molecule has 0 aliphatic carbocycles. The Morgan fingerprint density at radius 3 is 2.39 bits per heavy atom. The monoisotopic (exact) mass is 489 g/mol. The molecule has 33 heavy (non-hydrogen) atoms. The zero-order valence-corrected chi connectivity index (χ0v) is 19.1. The van der Waals surface area contributed by atoms with Crippen molar-refractivity contribution in [3.05, 3.63) is 0 Å². The standard InChI is InChI=1S/C19H31N5O8S/c1-33-3-2-12(17(30)22-8-16(28)29)23-19(32)14-5-11(26)9-24(14)15(27)7-21-18(31)13-4-10(25)6-20-13/h10-14,20,25-26H,2-9H2,1H3,(H,21,31)(H,22,30)(H,23,32)(H,28,29)/t10-,11-,12+,13+,14+/m1/s1. The minimum absolute atomic E-state index is 0.0338. The van der Waals surface area contributed by atoms with Gasteiger partial charge >= 0.3 is 5.97 Å². The van der Waals surface area contributed by atoms with Gasteiger partial charge in [-0.1, -0.05) is 0 Å². The number of hydrogen-bond donors (Lipinski definition) is 7. The normalized spacial score (nSPS) is 25.4. The summed E-state index contributed by atoms with van der Waals surface area (Å²) >= 11 is 1.44. The smallest absolute Gasteiger partial charge is 0.322 e. The molecule has 2 heterocycles. The van der Waals surface area contributed by atoms with Crippen LogP contribution in [0.4, 0.5) is 0 Å². The third kappa shape index (κ3) is 8.14. The van der Waals surface area contributed by atoms with Crippen LogP contribution >= 0.6 is 11.8 Å². The first-order valence-corrected chi connectivity index (χ1v) is 12.0. The molecule has 0 spiro atoms. The molecule has 0 aromatic heterocycles. The lowest BCUT2D eigenvalue weighted by Gasteiger charge is -2.26. The Labute approximate surface area is 195 Å². The average molecular weight is 490 g/mol. The Kier molecular flexibility index (Phi) is 10.3. The summed E-state index contributed by atoms with van der Waals surface area (Å²) in [5.74, 6) is -3.03. The molecule has 0 aromatic rings. The first kappa shape index (κ1) is 26.8. The van der Waals surface area contributed by atoms with Crippen LogP contribution in [-0.2, 0) is 24.0 Å². The van der Waals surface area contributed by atoms with Crippen molar-refractivity contribution in [1.82, 2.24) is 26.2 Å². The van der Waals surface area contributed by atoms with Gasteiger partial charge in [-0.2, -0.15) is 11.8 Å². The zero-order valence-electron chi connectivity index (χ0n) is 18.3. The first-order valence-electron chi connectivity index (χ1n) is 10.6. The second-order valence-corrected chi connectivity index (χ2v) is 8.96. The van der Waals surface area contributed by atoms with E-state index in [9.17, 15) is 34.2 Å². The molecular formula is C19H31N5O8S. The lowest BCUT2D eigenvalue weighted by atomic mass is 10.1. The van der Waals surface area contributed by atoms with E-state index in [-0.39, 0.29) is 32.4 Å². The highest BCUT2D eigenvalue weighted by Crippen LogP contribution is 2.19. The number of likely N-dealkylation sites (tertiary alicyclic amines) is 1. The number of aliphatic carboxylic acids is 1. The number of carboxylic acids is 1. The van der Waals surface area contributed by atoms with E-state index in [2.05, 4.69) is 21.3 Å². The van der Waals surface area contributed by atoms with Crippen LogP contribution in [-0.4, -0.2) is 118 Å². The molecule has 2 aliphatic heterocycles. The summed E-state index contributed by atoms with van der Waals surface area (Å²) in [4.78, 5) is 61.8. The summed E-state index contributed by atoms with van der Waals surface area (Å²) in [5, 5.41) is 38.4. The van der Waals surface area contributed by atoms with Gasteiger partial charge in [0, 0.05) is 19.5 Å². The van der Waals surface area contributed by atoms with Crippen molar-refractivity contribution in [2.24, 2.45) is 0 Å². The van der Waals surface area contributed by atoms with Crippen molar-refractivity contribution >= 4 is 41.4 Å². The molecule has 0 bridgehead atoms. The fraction of sp³-hybridized carbons (Fsp3) is 0.737. The third-order valence-corrected chi connectivity index (χ3v) is 6.04. The predicted molar refractivity (Wildman–Crippen MR) is 117 cm³/mol. The van der Waals surface area contributed by atoms with E-state index in [4.69, 9.17) is 5.11 Å².